The van der Waals surface area contributed by atoms with E-state index in [0.717, 1.165) is 17.9 Å². The topological polar surface area (TPSA) is 51.8 Å². The number of nitrogens with two attached hydrogens (primary N) is 1. The van der Waals surface area contributed by atoms with Gasteiger partial charge in [-0.15, -0.1) is 0 Å². The van der Waals surface area contributed by atoms with Crippen molar-refractivity contribution in [1.82, 2.24) is 9.97 Å². The highest BCUT2D eigenvalue weighted by atomic mass is 32.2. The van der Waals surface area contributed by atoms with Crippen molar-refractivity contribution in [3.05, 3.63) is 18.6 Å². The Labute approximate surface area is 101 Å². The molecule has 88 valence electrons. The molecular weight excluding hydrogens is 218 g/mol. The van der Waals surface area contributed by atoms with Crippen molar-refractivity contribution in [2.24, 2.45) is 11.1 Å². The van der Waals surface area contributed by atoms with Crippen molar-refractivity contribution >= 4 is 11.8 Å². The molecule has 1 heterocycles. The highest BCUT2D eigenvalue weighted by Crippen LogP contribution is 2.41. The smallest absolute Gasteiger partial charge is 0.115 e. The number of thioether (sulfide) groups is 1. The van der Waals surface area contributed by atoms with E-state index in [1.807, 2.05) is 6.20 Å². The second kappa shape index (κ2) is 4.72. The van der Waals surface area contributed by atoms with Crippen molar-refractivity contribution in [3.8, 4) is 0 Å². The Morgan fingerprint density at radius 1 is 1.44 bits per heavy atom. The molecule has 0 amide bonds. The lowest BCUT2D eigenvalue weighted by molar-refractivity contribution is 0.232. The third-order valence-electron chi connectivity index (χ3n) is 3.20. The molecule has 1 aromatic heterocycles. The Hall–Kier alpha value is -0.610. The van der Waals surface area contributed by atoms with E-state index in [-0.39, 0.29) is 0 Å². The van der Waals surface area contributed by atoms with Crippen LogP contribution in [0.15, 0.2) is 23.6 Å². The summed E-state index contributed by atoms with van der Waals surface area (Å²) in [5.41, 5.74) is 6.59. The van der Waals surface area contributed by atoms with Crippen molar-refractivity contribution < 1.29 is 0 Å². The van der Waals surface area contributed by atoms with E-state index in [1.54, 1.807) is 24.2 Å². The van der Waals surface area contributed by atoms with Crippen LogP contribution in [-0.2, 0) is 0 Å². The van der Waals surface area contributed by atoms with E-state index in [2.05, 4.69) is 23.8 Å². The molecule has 1 aliphatic carbocycles. The van der Waals surface area contributed by atoms with Gasteiger partial charge in [-0.3, -0.25) is 4.98 Å². The molecule has 3 nitrogen and oxygen atoms in total. The van der Waals surface area contributed by atoms with Gasteiger partial charge in [-0.2, -0.15) is 0 Å². The second-order valence-corrected chi connectivity index (χ2v) is 6.53. The van der Waals surface area contributed by atoms with Gasteiger partial charge in [-0.25, -0.2) is 4.98 Å². The molecular formula is C12H19N3S. The zero-order valence-corrected chi connectivity index (χ0v) is 10.7. The van der Waals surface area contributed by atoms with Crippen LogP contribution in [0.4, 0.5) is 0 Å². The van der Waals surface area contributed by atoms with E-state index in [0.29, 0.717) is 16.7 Å². The maximum atomic E-state index is 6.18. The highest BCUT2D eigenvalue weighted by molar-refractivity contribution is 7.99. The molecule has 2 N–H and O–H groups in total. The van der Waals surface area contributed by atoms with Gasteiger partial charge in [-0.1, -0.05) is 25.6 Å². The summed E-state index contributed by atoms with van der Waals surface area (Å²) < 4.78 is 0. The maximum absolute atomic E-state index is 6.18. The monoisotopic (exact) mass is 237 g/mol. The molecule has 0 aliphatic heterocycles. The first-order valence-electron chi connectivity index (χ1n) is 5.75. The molecule has 0 aromatic carbocycles. The van der Waals surface area contributed by atoms with E-state index >= 15 is 0 Å². The molecule has 2 rings (SSSR count). The lowest BCUT2D eigenvalue weighted by atomic mass is 9.75. The minimum absolute atomic E-state index is 0.292. The number of nitrogens with zero attached hydrogens (tertiary/aromatic N) is 2. The van der Waals surface area contributed by atoms with Crippen LogP contribution < -0.4 is 5.73 Å². The van der Waals surface area contributed by atoms with E-state index < -0.39 is 0 Å². The quantitative estimate of drug-likeness (QED) is 0.858. The number of hydrogen-bond donors (Lipinski definition) is 1. The van der Waals surface area contributed by atoms with Gasteiger partial charge in [0.15, 0.2) is 0 Å². The second-order valence-electron chi connectivity index (χ2n) is 5.27. The van der Waals surface area contributed by atoms with Crippen LogP contribution in [0.25, 0.3) is 0 Å². The summed E-state index contributed by atoms with van der Waals surface area (Å²) in [6, 6.07) is 0.292. The van der Waals surface area contributed by atoms with E-state index in [4.69, 9.17) is 5.73 Å². The lowest BCUT2D eigenvalue weighted by Gasteiger charge is -2.38. The Balaban J connectivity index is 2.03. The van der Waals surface area contributed by atoms with Crippen LogP contribution in [0.3, 0.4) is 0 Å². The Bertz CT molecular complexity index is 339. The van der Waals surface area contributed by atoms with E-state index in [9.17, 15) is 0 Å². The SMILES string of the molecule is CC1(C)CCC(N)C(Sc2cnccn2)C1. The van der Waals surface area contributed by atoms with E-state index in [1.165, 1.54) is 6.42 Å². The summed E-state index contributed by atoms with van der Waals surface area (Å²) in [6.45, 7) is 4.65. The van der Waals surface area contributed by atoms with Crippen molar-refractivity contribution in [2.45, 2.75) is 49.4 Å². The van der Waals surface area contributed by atoms with Crippen molar-refractivity contribution in [1.29, 1.82) is 0 Å². The average Bonchev–Trinajstić information content (AvgIpc) is 2.25. The van der Waals surface area contributed by atoms with Crippen molar-refractivity contribution in [3.63, 3.8) is 0 Å². The summed E-state index contributed by atoms with van der Waals surface area (Å²) in [5, 5.41) is 1.46. The van der Waals surface area contributed by atoms with Gasteiger partial charge < -0.3 is 5.73 Å². The maximum Gasteiger partial charge on any atom is 0.115 e. The van der Waals surface area contributed by atoms with Crippen LogP contribution >= 0.6 is 11.8 Å². The van der Waals surface area contributed by atoms with Crippen LogP contribution in [0.1, 0.15) is 33.1 Å². The summed E-state index contributed by atoms with van der Waals surface area (Å²) in [6.07, 6.45) is 8.77. The molecule has 0 radical (unpaired) electrons. The summed E-state index contributed by atoms with van der Waals surface area (Å²) in [7, 11) is 0. The summed E-state index contributed by atoms with van der Waals surface area (Å²) in [5.74, 6) is 0. The molecule has 2 unspecified atom stereocenters. The third-order valence-corrected chi connectivity index (χ3v) is 4.47. The summed E-state index contributed by atoms with van der Waals surface area (Å²) in [4.78, 5) is 8.39. The molecule has 0 bridgehead atoms. The molecule has 0 spiro atoms. The molecule has 0 saturated heterocycles. The Morgan fingerprint density at radius 3 is 2.94 bits per heavy atom. The van der Waals surface area contributed by atoms with Gasteiger partial charge in [-0.05, 0) is 24.7 Å². The normalized spacial score (nSPS) is 28.9. The largest absolute Gasteiger partial charge is 0.327 e. The fraction of sp³-hybridized carbons (Fsp3) is 0.667. The van der Waals surface area contributed by atoms with Crippen LogP contribution in [0.5, 0.6) is 0 Å². The number of rotatable bonds is 2. The van der Waals surface area contributed by atoms with Gasteiger partial charge in [0.05, 0.1) is 6.20 Å². The van der Waals surface area contributed by atoms with Crippen LogP contribution in [-0.4, -0.2) is 21.3 Å². The fourth-order valence-electron chi connectivity index (χ4n) is 2.17. The van der Waals surface area contributed by atoms with Crippen molar-refractivity contribution in [2.75, 3.05) is 0 Å². The predicted molar refractivity (Wildman–Crippen MR) is 67.3 cm³/mol. The Morgan fingerprint density at radius 2 is 2.25 bits per heavy atom. The van der Waals surface area contributed by atoms with Gasteiger partial charge in [0.1, 0.15) is 5.03 Å². The zero-order chi connectivity index (χ0) is 11.6. The molecule has 1 aromatic rings. The molecule has 1 fully saturated rings. The standard InChI is InChI=1S/C12H19N3S/c1-12(2)4-3-9(13)10(7-12)16-11-8-14-5-6-15-11/h5-6,8-10H,3-4,7,13H2,1-2H3. The average molecular weight is 237 g/mol. The third kappa shape index (κ3) is 2.95. The molecule has 2 atom stereocenters. The molecule has 4 heteroatoms. The molecule has 1 aliphatic rings. The van der Waals surface area contributed by atoms with Crippen LogP contribution in [0, 0.1) is 5.41 Å². The van der Waals surface area contributed by atoms with Crippen LogP contribution in [0.2, 0.25) is 0 Å². The van der Waals surface area contributed by atoms with Gasteiger partial charge in [0.2, 0.25) is 0 Å². The first kappa shape index (κ1) is 11.9. The van der Waals surface area contributed by atoms with Gasteiger partial charge in [0, 0.05) is 23.7 Å². The Kier molecular flexibility index (Phi) is 3.50. The fourth-order valence-corrected chi connectivity index (χ4v) is 3.57. The first-order chi connectivity index (χ1) is 7.57. The first-order valence-corrected chi connectivity index (χ1v) is 6.63. The lowest BCUT2D eigenvalue weighted by Crippen LogP contribution is -2.41. The minimum atomic E-state index is 0.292. The highest BCUT2D eigenvalue weighted by Gasteiger charge is 2.33. The van der Waals surface area contributed by atoms with Gasteiger partial charge in [0.25, 0.3) is 0 Å². The zero-order valence-electron chi connectivity index (χ0n) is 9.89. The minimum Gasteiger partial charge on any atom is -0.327 e. The number of hydrogen-bond acceptors (Lipinski definition) is 4. The summed E-state index contributed by atoms with van der Waals surface area (Å²) >= 11 is 1.78. The molecule has 1 saturated carbocycles. The van der Waals surface area contributed by atoms with Gasteiger partial charge >= 0.3 is 0 Å². The number of aromatic nitrogens is 2. The molecule has 16 heavy (non-hydrogen) atoms. The predicted octanol–water partition coefficient (Wildman–Crippen LogP) is 2.47.